The molecule has 1 aromatic carbocycles. The summed E-state index contributed by atoms with van der Waals surface area (Å²) in [5, 5.41) is 14.8. The van der Waals surface area contributed by atoms with Gasteiger partial charge in [0.15, 0.2) is 0 Å². The molecule has 3 N–H and O–H groups in total. The van der Waals surface area contributed by atoms with Gasteiger partial charge in [-0.25, -0.2) is 0 Å². The first kappa shape index (κ1) is 18.0. The molecule has 0 atom stereocenters. The third-order valence-corrected chi connectivity index (χ3v) is 4.58. The molecule has 24 heavy (non-hydrogen) atoms. The molecule has 1 fully saturated rings. The maximum atomic E-state index is 12.4. The summed E-state index contributed by atoms with van der Waals surface area (Å²) in [4.78, 5) is 35.2. The molecule has 0 spiro atoms. The van der Waals surface area contributed by atoms with E-state index in [0.717, 1.165) is 12.8 Å². The van der Waals surface area contributed by atoms with Crippen molar-refractivity contribution >= 4 is 23.5 Å². The van der Waals surface area contributed by atoms with Crippen molar-refractivity contribution in [2.75, 3.05) is 5.32 Å². The Bertz CT molecular complexity index is 616. The molecule has 6 nitrogen and oxygen atoms in total. The first-order valence-corrected chi connectivity index (χ1v) is 8.34. The Hall–Kier alpha value is -2.37. The second kappa shape index (κ2) is 7.47. The Kier molecular flexibility index (Phi) is 5.59. The van der Waals surface area contributed by atoms with Crippen LogP contribution in [0.4, 0.5) is 5.69 Å². The van der Waals surface area contributed by atoms with Gasteiger partial charge in [-0.3, -0.25) is 14.4 Å². The standard InChI is InChI=1S/C18H24N2O4/c1-3-18(4-2,11-15(21)22)20-17(24)13-7-9-14(10-8-13)19-16(23)12-5-6-12/h7-10,12H,3-6,11H2,1-2H3,(H,19,23)(H,20,24)(H,21,22). The van der Waals surface area contributed by atoms with Gasteiger partial charge in [-0.05, 0) is 49.9 Å². The SMILES string of the molecule is CCC(CC)(CC(=O)O)NC(=O)c1ccc(NC(=O)C2CC2)cc1. The van der Waals surface area contributed by atoms with Gasteiger partial charge in [-0.1, -0.05) is 13.8 Å². The number of carboxylic acids is 1. The number of benzene rings is 1. The topological polar surface area (TPSA) is 95.5 Å². The van der Waals surface area contributed by atoms with E-state index in [9.17, 15) is 14.4 Å². The molecule has 6 heteroatoms. The Morgan fingerprint density at radius 2 is 1.71 bits per heavy atom. The largest absolute Gasteiger partial charge is 0.481 e. The Morgan fingerprint density at radius 3 is 2.17 bits per heavy atom. The van der Waals surface area contributed by atoms with E-state index >= 15 is 0 Å². The third kappa shape index (κ3) is 4.57. The van der Waals surface area contributed by atoms with Crippen LogP contribution in [0, 0.1) is 5.92 Å². The lowest BCUT2D eigenvalue weighted by atomic mass is 9.88. The molecule has 0 heterocycles. The molecule has 1 aliphatic rings. The number of nitrogens with one attached hydrogen (secondary N) is 2. The first-order valence-electron chi connectivity index (χ1n) is 8.34. The molecule has 1 aromatic rings. The van der Waals surface area contributed by atoms with E-state index in [2.05, 4.69) is 10.6 Å². The van der Waals surface area contributed by atoms with E-state index in [-0.39, 0.29) is 24.2 Å². The van der Waals surface area contributed by atoms with Crippen LogP contribution in [0.5, 0.6) is 0 Å². The van der Waals surface area contributed by atoms with E-state index in [1.165, 1.54) is 0 Å². The summed E-state index contributed by atoms with van der Waals surface area (Å²) in [6.45, 7) is 3.73. The van der Waals surface area contributed by atoms with Crippen molar-refractivity contribution in [3.8, 4) is 0 Å². The highest BCUT2D eigenvalue weighted by molar-refractivity contribution is 5.97. The van der Waals surface area contributed by atoms with E-state index in [4.69, 9.17) is 5.11 Å². The molecule has 0 aliphatic heterocycles. The second-order valence-corrected chi connectivity index (χ2v) is 6.35. The molecule has 1 saturated carbocycles. The lowest BCUT2D eigenvalue weighted by Gasteiger charge is -2.31. The highest BCUT2D eigenvalue weighted by Crippen LogP contribution is 2.30. The fourth-order valence-corrected chi connectivity index (χ4v) is 2.62. The molecule has 0 aromatic heterocycles. The monoisotopic (exact) mass is 332 g/mol. The molecule has 1 aliphatic carbocycles. The second-order valence-electron chi connectivity index (χ2n) is 6.35. The van der Waals surface area contributed by atoms with Gasteiger partial charge in [0.05, 0.1) is 12.0 Å². The molecule has 2 rings (SSSR count). The first-order chi connectivity index (χ1) is 11.4. The summed E-state index contributed by atoms with van der Waals surface area (Å²) in [5.74, 6) is -1.10. The minimum absolute atomic E-state index is 0.0182. The van der Waals surface area contributed by atoms with Gasteiger partial charge in [0.1, 0.15) is 0 Å². The van der Waals surface area contributed by atoms with Crippen molar-refractivity contribution in [1.29, 1.82) is 0 Å². The molecular weight excluding hydrogens is 308 g/mol. The van der Waals surface area contributed by atoms with Crippen molar-refractivity contribution in [1.82, 2.24) is 5.32 Å². The molecule has 0 radical (unpaired) electrons. The molecule has 0 unspecified atom stereocenters. The Morgan fingerprint density at radius 1 is 1.12 bits per heavy atom. The minimum atomic E-state index is -0.933. The quantitative estimate of drug-likeness (QED) is 0.682. The van der Waals surface area contributed by atoms with Crippen LogP contribution >= 0.6 is 0 Å². The number of carbonyl (C=O) groups is 3. The number of carbonyl (C=O) groups excluding carboxylic acids is 2. The van der Waals surface area contributed by atoms with Gasteiger partial charge < -0.3 is 15.7 Å². The zero-order valence-corrected chi connectivity index (χ0v) is 14.1. The molecular formula is C18H24N2O4. The van der Waals surface area contributed by atoms with E-state index in [0.29, 0.717) is 24.1 Å². The smallest absolute Gasteiger partial charge is 0.305 e. The van der Waals surface area contributed by atoms with Crippen molar-refractivity contribution in [2.45, 2.75) is 51.5 Å². The average Bonchev–Trinajstić information content (AvgIpc) is 3.39. The van der Waals surface area contributed by atoms with Crippen molar-refractivity contribution in [3.05, 3.63) is 29.8 Å². The van der Waals surface area contributed by atoms with Crippen molar-refractivity contribution in [3.63, 3.8) is 0 Å². The zero-order chi connectivity index (χ0) is 17.7. The number of rotatable bonds is 8. The average molecular weight is 332 g/mol. The van der Waals surface area contributed by atoms with Crippen molar-refractivity contribution in [2.24, 2.45) is 5.92 Å². The van der Waals surface area contributed by atoms with E-state index in [1.807, 2.05) is 13.8 Å². The van der Waals surface area contributed by atoms with Crippen molar-refractivity contribution < 1.29 is 19.5 Å². The summed E-state index contributed by atoms with van der Waals surface area (Å²) in [6, 6.07) is 6.64. The summed E-state index contributed by atoms with van der Waals surface area (Å²) in [6.07, 6.45) is 2.84. The molecule has 130 valence electrons. The molecule has 0 bridgehead atoms. The number of amides is 2. The van der Waals surface area contributed by atoms with Crippen LogP contribution in [0.1, 0.15) is 56.3 Å². The number of anilines is 1. The summed E-state index contributed by atoms with van der Waals surface area (Å²) < 4.78 is 0. The van der Waals surface area contributed by atoms with E-state index < -0.39 is 11.5 Å². The number of hydrogen-bond donors (Lipinski definition) is 3. The van der Waals surface area contributed by atoms with Gasteiger partial charge >= 0.3 is 5.97 Å². The highest BCUT2D eigenvalue weighted by atomic mass is 16.4. The fourth-order valence-electron chi connectivity index (χ4n) is 2.62. The molecule has 2 amide bonds. The minimum Gasteiger partial charge on any atom is -0.481 e. The van der Waals surface area contributed by atoms with Crippen LogP contribution in [-0.2, 0) is 9.59 Å². The van der Waals surface area contributed by atoms with Crippen LogP contribution in [0.3, 0.4) is 0 Å². The predicted molar refractivity (Wildman–Crippen MR) is 90.8 cm³/mol. The normalized spacial score (nSPS) is 14.1. The third-order valence-electron chi connectivity index (χ3n) is 4.58. The summed E-state index contributed by atoms with van der Waals surface area (Å²) >= 11 is 0. The maximum Gasteiger partial charge on any atom is 0.305 e. The van der Waals surface area contributed by atoms with Crippen LogP contribution < -0.4 is 10.6 Å². The number of hydrogen-bond acceptors (Lipinski definition) is 3. The summed E-state index contributed by atoms with van der Waals surface area (Å²) in [5.41, 5.74) is 0.351. The summed E-state index contributed by atoms with van der Waals surface area (Å²) in [7, 11) is 0. The number of aliphatic carboxylic acids is 1. The predicted octanol–water partition coefficient (Wildman–Crippen LogP) is 2.80. The fraction of sp³-hybridized carbons (Fsp3) is 0.500. The zero-order valence-electron chi connectivity index (χ0n) is 14.1. The van der Waals surface area contributed by atoms with Gasteiger partial charge in [-0.2, -0.15) is 0 Å². The Balaban J connectivity index is 2.02. The van der Waals surface area contributed by atoms with Gasteiger partial charge in [0.2, 0.25) is 5.91 Å². The van der Waals surface area contributed by atoms with Crippen LogP contribution in [0.2, 0.25) is 0 Å². The highest BCUT2D eigenvalue weighted by Gasteiger charge is 2.31. The molecule has 0 saturated heterocycles. The van der Waals surface area contributed by atoms with Gasteiger partial charge in [0, 0.05) is 17.2 Å². The van der Waals surface area contributed by atoms with Gasteiger partial charge in [0.25, 0.3) is 5.91 Å². The Labute approximate surface area is 141 Å². The number of carboxylic acid groups (broad SMARTS) is 1. The van der Waals surface area contributed by atoms with Crippen LogP contribution in [-0.4, -0.2) is 28.4 Å². The van der Waals surface area contributed by atoms with Gasteiger partial charge in [-0.15, -0.1) is 0 Å². The van der Waals surface area contributed by atoms with Crippen LogP contribution in [0.15, 0.2) is 24.3 Å². The lowest BCUT2D eigenvalue weighted by Crippen LogP contribution is -2.49. The van der Waals surface area contributed by atoms with Crippen LogP contribution in [0.25, 0.3) is 0 Å². The van der Waals surface area contributed by atoms with E-state index in [1.54, 1.807) is 24.3 Å². The maximum absolute atomic E-state index is 12.4. The lowest BCUT2D eigenvalue weighted by molar-refractivity contribution is -0.138.